The van der Waals surface area contributed by atoms with Crippen molar-refractivity contribution < 1.29 is 4.79 Å². The number of hydrogen-bond donors (Lipinski definition) is 0. The van der Waals surface area contributed by atoms with Crippen LogP contribution in [0.4, 0.5) is 0 Å². The van der Waals surface area contributed by atoms with Gasteiger partial charge < -0.3 is 0 Å². The van der Waals surface area contributed by atoms with Crippen LogP contribution >= 0.6 is 0 Å². The van der Waals surface area contributed by atoms with Crippen LogP contribution in [0.3, 0.4) is 0 Å². The van der Waals surface area contributed by atoms with E-state index in [1.54, 1.807) is 6.20 Å². The molecule has 0 amide bonds. The van der Waals surface area contributed by atoms with Gasteiger partial charge in [0, 0.05) is 29.3 Å². The fraction of sp³-hybridized carbons (Fsp3) is 0.647. The summed E-state index contributed by atoms with van der Waals surface area (Å²) in [6.07, 6.45) is 4.91. The smallest absolute Gasteiger partial charge is 0.164 e. The zero-order chi connectivity index (χ0) is 14.2. The molecule has 0 saturated heterocycles. The quantitative estimate of drug-likeness (QED) is 0.746. The number of rotatable bonds is 4. The van der Waals surface area contributed by atoms with E-state index in [0.717, 1.165) is 11.3 Å². The molecule has 0 unspecified atom stereocenters. The van der Waals surface area contributed by atoms with Crippen molar-refractivity contribution in [2.24, 2.45) is 5.92 Å². The van der Waals surface area contributed by atoms with Gasteiger partial charge in [0.2, 0.25) is 0 Å². The van der Waals surface area contributed by atoms with E-state index in [2.05, 4.69) is 45.7 Å². The molecule has 1 aromatic heterocycles. The maximum atomic E-state index is 12.2. The summed E-state index contributed by atoms with van der Waals surface area (Å²) >= 11 is 0. The Bertz CT molecular complexity index is 479. The van der Waals surface area contributed by atoms with Crippen molar-refractivity contribution in [2.45, 2.75) is 65.2 Å². The number of hydrogen-bond acceptors (Lipinski definition) is 2. The molecule has 2 heteroatoms. The van der Waals surface area contributed by atoms with Gasteiger partial charge in [-0.1, -0.05) is 34.6 Å². The fourth-order valence-corrected chi connectivity index (χ4v) is 2.40. The van der Waals surface area contributed by atoms with Gasteiger partial charge in [0.05, 0.1) is 0 Å². The highest BCUT2D eigenvalue weighted by molar-refractivity contribution is 5.96. The van der Waals surface area contributed by atoms with E-state index in [0.29, 0.717) is 18.3 Å². The first-order chi connectivity index (χ1) is 8.79. The third-order valence-corrected chi connectivity index (χ3v) is 3.74. The van der Waals surface area contributed by atoms with E-state index in [4.69, 9.17) is 0 Å². The second-order valence-electron chi connectivity index (χ2n) is 7.14. The number of carbonyl (C=O) groups is 1. The van der Waals surface area contributed by atoms with Gasteiger partial charge in [-0.15, -0.1) is 0 Å². The van der Waals surface area contributed by atoms with E-state index in [1.807, 2.05) is 0 Å². The van der Waals surface area contributed by atoms with Crippen LogP contribution in [0.25, 0.3) is 0 Å². The zero-order valence-corrected chi connectivity index (χ0v) is 12.8. The molecule has 1 saturated carbocycles. The summed E-state index contributed by atoms with van der Waals surface area (Å²) in [5.41, 5.74) is 3.15. The van der Waals surface area contributed by atoms with Crippen LogP contribution in [0.5, 0.6) is 0 Å². The Kier molecular flexibility index (Phi) is 3.80. The van der Waals surface area contributed by atoms with E-state index in [9.17, 15) is 4.79 Å². The lowest BCUT2D eigenvalue weighted by Gasteiger charge is -2.23. The predicted molar refractivity (Wildman–Crippen MR) is 78.7 cm³/mol. The molecule has 0 aromatic carbocycles. The summed E-state index contributed by atoms with van der Waals surface area (Å²) in [6, 6.07) is 2.07. The highest BCUT2D eigenvalue weighted by Crippen LogP contribution is 2.34. The molecular formula is C17H25NO. The average molecular weight is 259 g/mol. The molecule has 2 rings (SSSR count). The van der Waals surface area contributed by atoms with E-state index < -0.39 is 0 Å². The van der Waals surface area contributed by atoms with Crippen molar-refractivity contribution in [3.63, 3.8) is 0 Å². The summed E-state index contributed by atoms with van der Waals surface area (Å²) in [5, 5.41) is 0. The first-order valence-corrected chi connectivity index (χ1v) is 7.32. The molecule has 1 aliphatic rings. The summed E-state index contributed by atoms with van der Waals surface area (Å²) in [7, 11) is 0. The topological polar surface area (TPSA) is 30.0 Å². The largest absolute Gasteiger partial charge is 0.294 e. The highest BCUT2D eigenvalue weighted by Gasteiger charge is 2.27. The Hall–Kier alpha value is -1.18. The van der Waals surface area contributed by atoms with Crippen LogP contribution in [0, 0.1) is 5.92 Å². The number of carbonyl (C=O) groups excluding carboxylic acids is 1. The zero-order valence-electron chi connectivity index (χ0n) is 12.8. The lowest BCUT2D eigenvalue weighted by molar-refractivity contribution is 0.0975. The van der Waals surface area contributed by atoms with E-state index in [-0.39, 0.29) is 11.2 Å². The van der Waals surface area contributed by atoms with E-state index >= 15 is 0 Å². The third kappa shape index (κ3) is 3.43. The van der Waals surface area contributed by atoms with Crippen molar-refractivity contribution in [1.82, 2.24) is 4.98 Å². The summed E-state index contributed by atoms with van der Waals surface area (Å²) in [4.78, 5) is 16.8. The molecule has 2 nitrogen and oxygen atoms in total. The summed E-state index contributed by atoms with van der Waals surface area (Å²) < 4.78 is 0. The standard InChI is InChI=1S/C17H25NO/c1-11(2)14-9-13(15(19)8-12-6-7-12)10-18-16(14)17(3,4)5/h9-12H,6-8H2,1-5H3. The van der Waals surface area contributed by atoms with Crippen molar-refractivity contribution in [3.8, 4) is 0 Å². The third-order valence-electron chi connectivity index (χ3n) is 3.74. The minimum Gasteiger partial charge on any atom is -0.294 e. The second-order valence-corrected chi connectivity index (χ2v) is 7.14. The molecule has 0 atom stereocenters. The normalized spacial score (nSPS) is 15.9. The lowest BCUT2D eigenvalue weighted by Crippen LogP contribution is -2.18. The molecule has 0 radical (unpaired) electrons. The van der Waals surface area contributed by atoms with Crippen LogP contribution in [-0.2, 0) is 5.41 Å². The van der Waals surface area contributed by atoms with Gasteiger partial charge in [0.25, 0.3) is 0 Å². The molecule has 19 heavy (non-hydrogen) atoms. The van der Waals surface area contributed by atoms with Crippen LogP contribution < -0.4 is 0 Å². The van der Waals surface area contributed by atoms with E-state index in [1.165, 1.54) is 18.4 Å². The van der Waals surface area contributed by atoms with Crippen LogP contribution in [0.1, 0.15) is 81.4 Å². The maximum absolute atomic E-state index is 12.2. The van der Waals surface area contributed by atoms with Gasteiger partial charge in [-0.2, -0.15) is 0 Å². The average Bonchev–Trinajstić information content (AvgIpc) is 3.10. The van der Waals surface area contributed by atoms with Crippen molar-refractivity contribution in [3.05, 3.63) is 29.1 Å². The van der Waals surface area contributed by atoms with Crippen LogP contribution in [-0.4, -0.2) is 10.8 Å². The van der Waals surface area contributed by atoms with Gasteiger partial charge in [-0.3, -0.25) is 9.78 Å². The van der Waals surface area contributed by atoms with Crippen molar-refractivity contribution in [2.75, 3.05) is 0 Å². The predicted octanol–water partition coefficient (Wildman–Crippen LogP) is 4.49. The minimum atomic E-state index is 0.0255. The SMILES string of the molecule is CC(C)c1cc(C(=O)CC2CC2)cnc1C(C)(C)C. The van der Waals surface area contributed by atoms with Crippen LogP contribution in [0.15, 0.2) is 12.3 Å². The summed E-state index contributed by atoms with van der Waals surface area (Å²) in [6.45, 7) is 10.9. The molecule has 0 aliphatic heterocycles. The molecule has 0 bridgehead atoms. The molecule has 1 fully saturated rings. The number of aromatic nitrogens is 1. The summed E-state index contributed by atoms with van der Waals surface area (Å²) in [5.74, 6) is 1.30. The molecule has 0 N–H and O–H groups in total. The number of pyridine rings is 1. The molecule has 1 aromatic rings. The number of ketones is 1. The van der Waals surface area contributed by atoms with Gasteiger partial charge in [-0.25, -0.2) is 0 Å². The van der Waals surface area contributed by atoms with Gasteiger partial charge in [-0.05, 0) is 36.3 Å². The highest BCUT2D eigenvalue weighted by atomic mass is 16.1. The van der Waals surface area contributed by atoms with Crippen molar-refractivity contribution >= 4 is 5.78 Å². The Labute approximate surface area is 116 Å². The first kappa shape index (κ1) is 14.2. The first-order valence-electron chi connectivity index (χ1n) is 7.32. The monoisotopic (exact) mass is 259 g/mol. The Morgan fingerprint density at radius 3 is 2.47 bits per heavy atom. The van der Waals surface area contributed by atoms with Gasteiger partial charge >= 0.3 is 0 Å². The molecule has 1 aliphatic carbocycles. The van der Waals surface area contributed by atoms with Crippen molar-refractivity contribution in [1.29, 1.82) is 0 Å². The Morgan fingerprint density at radius 1 is 1.37 bits per heavy atom. The Balaban J connectivity index is 2.32. The molecular weight excluding hydrogens is 234 g/mol. The minimum absolute atomic E-state index is 0.0255. The number of Topliss-reactive ketones (excluding diaryl/α,β-unsaturated/α-hetero) is 1. The Morgan fingerprint density at radius 2 is 2.00 bits per heavy atom. The second kappa shape index (κ2) is 5.07. The maximum Gasteiger partial charge on any atom is 0.164 e. The fourth-order valence-electron chi connectivity index (χ4n) is 2.40. The molecule has 0 spiro atoms. The lowest BCUT2D eigenvalue weighted by atomic mass is 9.84. The van der Waals surface area contributed by atoms with Gasteiger partial charge in [0.15, 0.2) is 5.78 Å². The van der Waals surface area contributed by atoms with Gasteiger partial charge in [0.1, 0.15) is 0 Å². The molecule has 1 heterocycles. The van der Waals surface area contributed by atoms with Crippen LogP contribution in [0.2, 0.25) is 0 Å². The number of nitrogens with zero attached hydrogens (tertiary/aromatic N) is 1. The molecule has 104 valence electrons.